The molecule has 0 spiro atoms. The Kier molecular flexibility index (Phi) is 8.23. The molecule has 1 aromatic carbocycles. The fraction of sp³-hybridized carbons (Fsp3) is 0.469. The third-order valence-corrected chi connectivity index (χ3v) is 9.99. The molecular weight excluding hydrogens is 528 g/mol. The number of ether oxygens (including phenoxy) is 1. The summed E-state index contributed by atoms with van der Waals surface area (Å²) in [7, 11) is 0.947. The summed E-state index contributed by atoms with van der Waals surface area (Å²) >= 11 is 0. The predicted octanol–water partition coefficient (Wildman–Crippen LogP) is 6.16. The molecule has 0 unspecified atom stereocenters. The van der Waals surface area contributed by atoms with Gasteiger partial charge in [-0.15, -0.1) is 0 Å². The number of fused-ring (bicyclic) bond motifs is 1. The zero-order chi connectivity index (χ0) is 29.5. The first kappa shape index (κ1) is 29.2. The van der Waals surface area contributed by atoms with Crippen LogP contribution in [0.1, 0.15) is 22.4 Å². The van der Waals surface area contributed by atoms with E-state index in [1.54, 1.807) is 6.07 Å². The number of aromatic hydroxyl groups is 1. The van der Waals surface area contributed by atoms with E-state index in [4.69, 9.17) is 19.7 Å². The van der Waals surface area contributed by atoms with Crippen molar-refractivity contribution >= 4 is 25.1 Å². The zero-order valence-electron chi connectivity index (χ0n) is 25.9. The van der Waals surface area contributed by atoms with Crippen molar-refractivity contribution in [2.75, 3.05) is 44.7 Å². The highest BCUT2D eigenvalue weighted by Crippen LogP contribution is 2.37. The fourth-order valence-electron chi connectivity index (χ4n) is 5.54. The van der Waals surface area contributed by atoms with Crippen LogP contribution < -0.4 is 4.90 Å². The van der Waals surface area contributed by atoms with Gasteiger partial charge in [0.2, 0.25) is 0 Å². The minimum absolute atomic E-state index is 0.286. The van der Waals surface area contributed by atoms with Gasteiger partial charge in [0.25, 0.3) is 0 Å². The monoisotopic (exact) mass is 572 g/mol. The van der Waals surface area contributed by atoms with Crippen molar-refractivity contribution in [3.8, 4) is 28.3 Å². The highest BCUT2D eigenvalue weighted by atomic mass is 28.3. The van der Waals surface area contributed by atoms with Crippen LogP contribution in [-0.4, -0.2) is 77.4 Å². The number of likely N-dealkylation sites (N-methyl/N-ethyl adjacent to an activating group) is 1. The first-order chi connectivity index (χ1) is 19.4. The lowest BCUT2D eigenvalue weighted by Gasteiger charge is -2.33. The maximum Gasteiger partial charge on any atom is 0.162 e. The number of rotatable bonds is 8. The molecule has 1 saturated heterocycles. The summed E-state index contributed by atoms with van der Waals surface area (Å²) in [5.41, 5.74) is 8.55. The van der Waals surface area contributed by atoms with Crippen molar-refractivity contribution in [3.05, 3.63) is 52.8 Å². The standard InChI is InChI=1S/C32H44N6O2Si/c1-21-9-11-27(39)23(3)29(21)26-19-33-32-30(22(26)2)35-31(38(32)20-40-17-18-41(6,7)8)25-10-12-28(34-24(25)4)37-15-13-36(5)14-16-37/h9-12,19,39H,13-18,20H2,1-8H3. The number of aromatic nitrogens is 4. The number of phenolic OH excluding ortho intramolecular Hbond substituents is 1. The minimum Gasteiger partial charge on any atom is -0.508 e. The number of phenols is 1. The van der Waals surface area contributed by atoms with E-state index >= 15 is 0 Å². The third kappa shape index (κ3) is 6.03. The molecule has 1 aliphatic rings. The number of benzene rings is 1. The number of anilines is 1. The van der Waals surface area contributed by atoms with Crippen LogP contribution in [0, 0.1) is 27.7 Å². The van der Waals surface area contributed by atoms with Gasteiger partial charge in [0.05, 0.1) is 5.69 Å². The third-order valence-electron chi connectivity index (χ3n) is 8.29. The topological polar surface area (TPSA) is 79.5 Å². The van der Waals surface area contributed by atoms with Crippen LogP contribution in [0.25, 0.3) is 33.7 Å². The van der Waals surface area contributed by atoms with E-state index in [-0.39, 0.29) is 5.75 Å². The van der Waals surface area contributed by atoms with E-state index < -0.39 is 8.07 Å². The van der Waals surface area contributed by atoms with Crippen LogP contribution in [0.4, 0.5) is 5.82 Å². The summed E-state index contributed by atoms with van der Waals surface area (Å²) in [5.74, 6) is 2.12. The van der Waals surface area contributed by atoms with Gasteiger partial charge in [-0.1, -0.05) is 25.7 Å². The van der Waals surface area contributed by atoms with Crippen LogP contribution >= 0.6 is 0 Å². The number of nitrogens with zero attached hydrogens (tertiary/aromatic N) is 6. The summed E-state index contributed by atoms with van der Waals surface area (Å²) in [5, 5.41) is 10.5. The fourth-order valence-corrected chi connectivity index (χ4v) is 6.29. The molecule has 0 atom stereocenters. The van der Waals surface area contributed by atoms with Gasteiger partial charge < -0.3 is 19.6 Å². The van der Waals surface area contributed by atoms with Crippen LogP contribution in [-0.2, 0) is 11.5 Å². The van der Waals surface area contributed by atoms with E-state index in [2.05, 4.69) is 74.0 Å². The van der Waals surface area contributed by atoms with Crippen LogP contribution in [0.2, 0.25) is 25.7 Å². The van der Waals surface area contributed by atoms with Crippen molar-refractivity contribution in [1.82, 2.24) is 24.4 Å². The number of hydrogen-bond acceptors (Lipinski definition) is 7. The van der Waals surface area contributed by atoms with Crippen LogP contribution in [0.15, 0.2) is 30.5 Å². The quantitative estimate of drug-likeness (QED) is 0.200. The molecule has 1 fully saturated rings. The molecule has 3 aromatic heterocycles. The van der Waals surface area contributed by atoms with E-state index in [9.17, 15) is 5.11 Å². The van der Waals surface area contributed by atoms with Crippen LogP contribution in [0.3, 0.4) is 0 Å². The van der Waals surface area contributed by atoms with E-state index in [1.165, 1.54) is 0 Å². The van der Waals surface area contributed by atoms with Crippen LogP contribution in [0.5, 0.6) is 5.75 Å². The largest absolute Gasteiger partial charge is 0.508 e. The molecule has 41 heavy (non-hydrogen) atoms. The first-order valence-corrected chi connectivity index (χ1v) is 18.3. The molecule has 4 heterocycles. The molecule has 5 rings (SSSR count). The molecule has 1 N–H and O–H groups in total. The van der Waals surface area contributed by atoms with Gasteiger partial charge >= 0.3 is 0 Å². The average Bonchev–Trinajstić information content (AvgIpc) is 3.29. The summed E-state index contributed by atoms with van der Waals surface area (Å²) in [6, 6.07) is 9.07. The van der Waals surface area contributed by atoms with Crippen molar-refractivity contribution in [1.29, 1.82) is 0 Å². The lowest BCUT2D eigenvalue weighted by Crippen LogP contribution is -2.44. The Morgan fingerprint density at radius 3 is 2.32 bits per heavy atom. The molecule has 9 heteroatoms. The summed E-state index contributed by atoms with van der Waals surface area (Å²) < 4.78 is 8.35. The highest BCUT2D eigenvalue weighted by molar-refractivity contribution is 6.76. The highest BCUT2D eigenvalue weighted by Gasteiger charge is 2.23. The number of aryl methyl sites for hydroxylation is 3. The van der Waals surface area contributed by atoms with Crippen molar-refractivity contribution in [3.63, 3.8) is 0 Å². The predicted molar refractivity (Wildman–Crippen MR) is 171 cm³/mol. The second-order valence-electron chi connectivity index (χ2n) is 12.7. The van der Waals surface area contributed by atoms with Crippen molar-refractivity contribution in [2.45, 2.75) is 60.1 Å². The Hall–Kier alpha value is -3.27. The lowest BCUT2D eigenvalue weighted by molar-refractivity contribution is 0.0906. The Labute approximate surface area is 245 Å². The average molecular weight is 573 g/mol. The summed E-state index contributed by atoms with van der Waals surface area (Å²) in [6.45, 7) is 20.4. The molecule has 218 valence electrons. The zero-order valence-corrected chi connectivity index (χ0v) is 26.9. The molecule has 0 saturated carbocycles. The number of piperazine rings is 1. The molecule has 0 amide bonds. The van der Waals surface area contributed by atoms with Gasteiger partial charge in [0.15, 0.2) is 5.65 Å². The number of hydrogen-bond donors (Lipinski definition) is 1. The molecule has 0 radical (unpaired) electrons. The molecular formula is C32H44N6O2Si. The maximum atomic E-state index is 10.5. The van der Waals surface area contributed by atoms with E-state index in [0.717, 1.165) is 94.1 Å². The molecule has 0 bridgehead atoms. The van der Waals surface area contributed by atoms with Gasteiger partial charge in [-0.2, -0.15) is 0 Å². The Balaban J connectivity index is 1.59. The van der Waals surface area contributed by atoms with Gasteiger partial charge in [0.1, 0.15) is 29.6 Å². The maximum absolute atomic E-state index is 10.5. The second kappa shape index (κ2) is 11.5. The molecule has 4 aromatic rings. The molecule has 1 aliphatic heterocycles. The SMILES string of the molecule is Cc1ccc(O)c(C)c1-c1cnc2c(nc(-c3ccc(N4CCN(C)CC4)nc3C)n2COCC[Si](C)(C)C)c1C. The Bertz CT molecular complexity index is 1570. The second-order valence-corrected chi connectivity index (χ2v) is 18.3. The van der Waals surface area contributed by atoms with Gasteiger partial charge in [0, 0.05) is 58.2 Å². The smallest absolute Gasteiger partial charge is 0.162 e. The van der Waals surface area contributed by atoms with E-state index in [1.807, 2.05) is 19.2 Å². The number of pyridine rings is 2. The Morgan fingerprint density at radius 2 is 1.63 bits per heavy atom. The normalized spacial score (nSPS) is 14.8. The van der Waals surface area contributed by atoms with Crippen molar-refractivity contribution in [2.24, 2.45) is 0 Å². The summed E-state index contributed by atoms with van der Waals surface area (Å²) in [6.07, 6.45) is 1.91. The lowest BCUT2D eigenvalue weighted by atomic mass is 9.93. The van der Waals surface area contributed by atoms with Gasteiger partial charge in [-0.05, 0) is 81.2 Å². The molecule has 8 nitrogen and oxygen atoms in total. The number of imidazole rings is 1. The Morgan fingerprint density at radius 1 is 0.902 bits per heavy atom. The minimum atomic E-state index is -1.22. The summed E-state index contributed by atoms with van der Waals surface area (Å²) in [4.78, 5) is 19.9. The van der Waals surface area contributed by atoms with Gasteiger partial charge in [-0.3, -0.25) is 4.57 Å². The first-order valence-electron chi connectivity index (χ1n) is 14.6. The van der Waals surface area contributed by atoms with Crippen molar-refractivity contribution < 1.29 is 9.84 Å². The molecule has 0 aliphatic carbocycles. The van der Waals surface area contributed by atoms with E-state index in [0.29, 0.717) is 13.3 Å². The van der Waals surface area contributed by atoms with Gasteiger partial charge in [-0.25, -0.2) is 15.0 Å².